The Morgan fingerprint density at radius 1 is 1.19 bits per heavy atom. The number of ether oxygens (including phenoxy) is 2. The summed E-state index contributed by atoms with van der Waals surface area (Å²) in [7, 11) is 1.65. The minimum Gasteiger partial charge on any atom is -0.497 e. The number of hydrogen-bond donors (Lipinski definition) is 2. The third kappa shape index (κ3) is 4.35. The third-order valence-corrected chi connectivity index (χ3v) is 5.21. The molecule has 0 radical (unpaired) electrons. The van der Waals surface area contributed by atoms with Gasteiger partial charge in [-0.3, -0.25) is 0 Å². The molecule has 5 nitrogen and oxygen atoms in total. The molecule has 0 aromatic heterocycles. The van der Waals surface area contributed by atoms with E-state index in [2.05, 4.69) is 31.4 Å². The van der Waals surface area contributed by atoms with Gasteiger partial charge in [0, 0.05) is 23.2 Å². The van der Waals surface area contributed by atoms with Crippen LogP contribution in [0.5, 0.6) is 5.75 Å². The third-order valence-electron chi connectivity index (χ3n) is 5.21. The maximum absolute atomic E-state index is 12.5. The number of anilines is 1. The van der Waals surface area contributed by atoms with Crippen molar-refractivity contribution in [1.29, 1.82) is 0 Å². The molecule has 0 bridgehead atoms. The van der Waals surface area contributed by atoms with Crippen LogP contribution in [-0.2, 0) is 11.3 Å². The van der Waals surface area contributed by atoms with Gasteiger partial charge in [0.25, 0.3) is 0 Å². The second kappa shape index (κ2) is 8.33. The number of rotatable bonds is 5. The van der Waals surface area contributed by atoms with Crippen LogP contribution in [0.4, 0.5) is 10.5 Å². The molecule has 0 aliphatic carbocycles. The van der Waals surface area contributed by atoms with Crippen molar-refractivity contribution in [3.05, 3.63) is 59.7 Å². The summed E-state index contributed by atoms with van der Waals surface area (Å²) < 4.78 is 10.8. The maximum atomic E-state index is 12.5. The normalized spacial score (nSPS) is 21.1. The summed E-state index contributed by atoms with van der Waals surface area (Å²) in [6.45, 7) is 6.79. The van der Waals surface area contributed by atoms with Gasteiger partial charge in [0.15, 0.2) is 0 Å². The zero-order chi connectivity index (χ0) is 19.4. The van der Waals surface area contributed by atoms with E-state index in [1.807, 2.05) is 48.5 Å². The molecule has 5 heteroatoms. The zero-order valence-electron chi connectivity index (χ0n) is 16.4. The highest BCUT2D eigenvalue weighted by atomic mass is 16.5. The Kier molecular flexibility index (Phi) is 5.89. The van der Waals surface area contributed by atoms with Crippen molar-refractivity contribution in [1.82, 2.24) is 5.32 Å². The number of nitrogens with one attached hydrogen (secondary N) is 2. The summed E-state index contributed by atoms with van der Waals surface area (Å²) in [5.41, 5.74) is 3.02. The lowest BCUT2D eigenvalue weighted by atomic mass is 9.79. The van der Waals surface area contributed by atoms with Crippen molar-refractivity contribution in [2.24, 2.45) is 11.8 Å². The summed E-state index contributed by atoms with van der Waals surface area (Å²) in [5.74, 6) is 1.41. The van der Waals surface area contributed by atoms with Crippen LogP contribution in [0.2, 0.25) is 0 Å². The Balaban J connectivity index is 1.78. The van der Waals surface area contributed by atoms with Crippen molar-refractivity contribution in [3.63, 3.8) is 0 Å². The molecule has 3 atom stereocenters. The quantitative estimate of drug-likeness (QED) is 0.800. The average Bonchev–Trinajstić information content (AvgIpc) is 2.68. The number of carbonyl (C=O) groups excluding carboxylic acids is 1. The van der Waals surface area contributed by atoms with Gasteiger partial charge in [-0.25, -0.2) is 4.79 Å². The van der Waals surface area contributed by atoms with E-state index >= 15 is 0 Å². The monoisotopic (exact) mass is 368 g/mol. The summed E-state index contributed by atoms with van der Waals surface area (Å²) in [6, 6.07) is 15.7. The van der Waals surface area contributed by atoms with E-state index in [-0.39, 0.29) is 24.6 Å². The molecule has 1 aliphatic rings. The molecule has 0 spiro atoms. The molecule has 144 valence electrons. The maximum Gasteiger partial charge on any atom is 0.407 e. The van der Waals surface area contributed by atoms with E-state index in [0.29, 0.717) is 5.92 Å². The predicted octanol–water partition coefficient (Wildman–Crippen LogP) is 4.75. The van der Waals surface area contributed by atoms with Gasteiger partial charge < -0.3 is 20.1 Å². The Morgan fingerprint density at radius 2 is 1.93 bits per heavy atom. The topological polar surface area (TPSA) is 59.6 Å². The van der Waals surface area contributed by atoms with Gasteiger partial charge in [-0.1, -0.05) is 51.1 Å². The Labute approximate surface area is 161 Å². The lowest BCUT2D eigenvalue weighted by Crippen LogP contribution is -2.46. The van der Waals surface area contributed by atoms with Gasteiger partial charge in [-0.05, 0) is 29.7 Å². The Hall–Kier alpha value is -2.69. The lowest BCUT2D eigenvalue weighted by molar-refractivity contribution is 0.129. The summed E-state index contributed by atoms with van der Waals surface area (Å²) in [4.78, 5) is 12.5. The van der Waals surface area contributed by atoms with Crippen LogP contribution in [-0.4, -0.2) is 19.2 Å². The highest BCUT2D eigenvalue weighted by Crippen LogP contribution is 2.40. The van der Waals surface area contributed by atoms with Gasteiger partial charge in [-0.2, -0.15) is 0 Å². The van der Waals surface area contributed by atoms with Crippen LogP contribution in [0.15, 0.2) is 48.5 Å². The van der Waals surface area contributed by atoms with Crippen LogP contribution in [0.1, 0.15) is 37.9 Å². The first-order valence-electron chi connectivity index (χ1n) is 9.41. The first-order chi connectivity index (χ1) is 13.0. The van der Waals surface area contributed by atoms with Crippen LogP contribution in [0.25, 0.3) is 0 Å². The van der Waals surface area contributed by atoms with E-state index in [0.717, 1.165) is 22.6 Å². The van der Waals surface area contributed by atoms with E-state index in [1.165, 1.54) is 0 Å². The van der Waals surface area contributed by atoms with Gasteiger partial charge in [0.2, 0.25) is 0 Å². The van der Waals surface area contributed by atoms with Crippen molar-refractivity contribution in [3.8, 4) is 5.75 Å². The fraction of sp³-hybridized carbons (Fsp3) is 0.409. The molecule has 1 amide bonds. The number of carbonyl (C=O) groups is 1. The van der Waals surface area contributed by atoms with Gasteiger partial charge in [0.1, 0.15) is 12.4 Å². The van der Waals surface area contributed by atoms with Gasteiger partial charge in [0.05, 0.1) is 13.2 Å². The van der Waals surface area contributed by atoms with Crippen LogP contribution in [0.3, 0.4) is 0 Å². The molecule has 0 unspecified atom stereocenters. The average molecular weight is 368 g/mol. The fourth-order valence-corrected chi connectivity index (χ4v) is 3.73. The van der Waals surface area contributed by atoms with Gasteiger partial charge in [-0.15, -0.1) is 0 Å². The zero-order valence-corrected chi connectivity index (χ0v) is 16.4. The predicted molar refractivity (Wildman–Crippen MR) is 107 cm³/mol. The number of fused-ring (bicyclic) bond motifs is 1. The molecule has 0 fully saturated rings. The lowest BCUT2D eigenvalue weighted by Gasteiger charge is -2.41. The van der Waals surface area contributed by atoms with E-state index in [1.54, 1.807) is 7.11 Å². The van der Waals surface area contributed by atoms with Crippen LogP contribution >= 0.6 is 0 Å². The number of hydrogen-bond acceptors (Lipinski definition) is 4. The second-order valence-corrected chi connectivity index (χ2v) is 7.41. The number of alkyl carbamates (subject to hydrolysis) is 1. The summed E-state index contributed by atoms with van der Waals surface area (Å²) in [5, 5.41) is 6.69. The molecule has 1 heterocycles. The van der Waals surface area contributed by atoms with Crippen molar-refractivity contribution in [2.75, 3.05) is 12.4 Å². The molecule has 27 heavy (non-hydrogen) atoms. The first kappa shape index (κ1) is 19.1. The SMILES string of the molecule is COc1ccc2c(c1)[C@@H](NC(=O)OCc1ccccc1)[C@H](C)[C@@H](C(C)C)N2. The summed E-state index contributed by atoms with van der Waals surface area (Å²) >= 11 is 0. The van der Waals surface area contributed by atoms with E-state index in [4.69, 9.17) is 9.47 Å². The first-order valence-corrected chi connectivity index (χ1v) is 9.41. The minimum absolute atomic E-state index is 0.146. The van der Waals surface area contributed by atoms with E-state index in [9.17, 15) is 4.79 Å². The second-order valence-electron chi connectivity index (χ2n) is 7.41. The molecule has 0 saturated heterocycles. The highest BCUT2D eigenvalue weighted by Gasteiger charge is 2.36. The highest BCUT2D eigenvalue weighted by molar-refractivity contribution is 5.70. The molecule has 0 saturated carbocycles. The number of methoxy groups -OCH3 is 1. The van der Waals surface area contributed by atoms with Crippen molar-refractivity contribution >= 4 is 11.8 Å². The van der Waals surface area contributed by atoms with Gasteiger partial charge >= 0.3 is 6.09 Å². The van der Waals surface area contributed by atoms with Crippen LogP contribution in [0, 0.1) is 11.8 Å². The smallest absolute Gasteiger partial charge is 0.407 e. The Morgan fingerprint density at radius 3 is 2.59 bits per heavy atom. The standard InChI is InChI=1S/C22H28N2O3/c1-14(2)20-15(3)21(18-12-17(26-4)10-11-19(18)23-20)24-22(25)27-13-16-8-6-5-7-9-16/h5-12,14-15,20-21,23H,13H2,1-4H3,(H,24,25)/t15-,20-,21+/m1/s1. The Bertz CT molecular complexity index is 776. The van der Waals surface area contributed by atoms with Crippen molar-refractivity contribution < 1.29 is 14.3 Å². The molecular formula is C22H28N2O3. The largest absolute Gasteiger partial charge is 0.497 e. The fourth-order valence-electron chi connectivity index (χ4n) is 3.73. The molecule has 3 rings (SSSR count). The number of amides is 1. The molecule has 2 aromatic rings. The summed E-state index contributed by atoms with van der Waals surface area (Å²) in [6.07, 6.45) is -0.408. The van der Waals surface area contributed by atoms with E-state index < -0.39 is 6.09 Å². The number of benzene rings is 2. The van der Waals surface area contributed by atoms with Crippen LogP contribution < -0.4 is 15.4 Å². The minimum atomic E-state index is -0.408. The van der Waals surface area contributed by atoms with Crippen molar-refractivity contribution in [2.45, 2.75) is 39.5 Å². The molecule has 2 aromatic carbocycles. The molecular weight excluding hydrogens is 340 g/mol. The molecule has 2 N–H and O–H groups in total. The molecule has 1 aliphatic heterocycles.